The Morgan fingerprint density at radius 3 is 3.08 bits per heavy atom. The highest BCUT2D eigenvalue weighted by Crippen LogP contribution is 2.30. The van der Waals surface area contributed by atoms with Crippen LogP contribution in [0.25, 0.3) is 0 Å². The molecule has 0 radical (unpaired) electrons. The predicted molar refractivity (Wildman–Crippen MR) is 44.5 cm³/mol. The highest BCUT2D eigenvalue weighted by Gasteiger charge is 2.29. The van der Waals surface area contributed by atoms with E-state index in [1.54, 1.807) is 5.38 Å². The molecule has 1 aliphatic heterocycles. The van der Waals surface area contributed by atoms with Crippen LogP contribution in [-0.4, -0.2) is 20.1 Å². The molecule has 1 aromatic rings. The van der Waals surface area contributed by atoms with E-state index >= 15 is 0 Å². The summed E-state index contributed by atoms with van der Waals surface area (Å²) in [5.74, 6) is 0. The van der Waals surface area contributed by atoms with Gasteiger partial charge in [0.2, 0.25) is 10.0 Å². The van der Waals surface area contributed by atoms with E-state index in [4.69, 9.17) is 0 Å². The van der Waals surface area contributed by atoms with Crippen LogP contribution in [0, 0.1) is 0 Å². The van der Waals surface area contributed by atoms with Crippen molar-refractivity contribution in [2.24, 2.45) is 0 Å². The summed E-state index contributed by atoms with van der Waals surface area (Å²) in [7, 11) is -3.33. The molecule has 0 unspecified atom stereocenters. The van der Waals surface area contributed by atoms with Gasteiger partial charge >= 0.3 is 0 Å². The summed E-state index contributed by atoms with van der Waals surface area (Å²) >= 11 is 1.27. The van der Waals surface area contributed by atoms with Crippen molar-refractivity contribution in [3.8, 4) is 0 Å². The number of fused-ring (bicyclic) bond motifs is 1. The van der Waals surface area contributed by atoms with Gasteiger partial charge in [-0.1, -0.05) is 0 Å². The highest BCUT2D eigenvalue weighted by atomic mass is 32.2. The second-order valence-electron chi connectivity index (χ2n) is 2.52. The van der Waals surface area contributed by atoms with E-state index in [0.717, 1.165) is 0 Å². The molecule has 66 valence electrons. The first-order chi connectivity index (χ1) is 5.61. The molecule has 0 aliphatic carbocycles. The van der Waals surface area contributed by atoms with Gasteiger partial charge in [0, 0.05) is 6.54 Å². The van der Waals surface area contributed by atoms with Gasteiger partial charge in [-0.25, -0.2) is 13.1 Å². The van der Waals surface area contributed by atoms with Crippen molar-refractivity contribution in [1.82, 2.24) is 4.72 Å². The number of hydrogen-bond acceptors (Lipinski definition) is 4. The van der Waals surface area contributed by atoms with Crippen LogP contribution < -0.4 is 4.72 Å². The van der Waals surface area contributed by atoms with Crippen molar-refractivity contribution >= 4 is 21.4 Å². The first kappa shape index (κ1) is 8.18. The fraction of sp³-hybridized carbons (Fsp3) is 0.333. The molecule has 0 spiro atoms. The van der Waals surface area contributed by atoms with Crippen LogP contribution in [0.3, 0.4) is 0 Å². The summed E-state index contributed by atoms with van der Waals surface area (Å²) in [6, 6.07) is 1.50. The lowest BCUT2D eigenvalue weighted by molar-refractivity contribution is 0.179. The molecule has 0 fully saturated rings. The summed E-state index contributed by atoms with van der Waals surface area (Å²) in [5.41, 5.74) is 0. The maximum Gasteiger partial charge on any atom is 0.241 e. The van der Waals surface area contributed by atoms with Gasteiger partial charge in [0.05, 0.1) is 9.77 Å². The zero-order chi connectivity index (χ0) is 8.77. The van der Waals surface area contributed by atoms with Gasteiger partial charge in [-0.15, -0.1) is 11.3 Å². The first-order valence-corrected chi connectivity index (χ1v) is 5.72. The Balaban J connectivity index is 2.65. The van der Waals surface area contributed by atoms with Gasteiger partial charge in [-0.2, -0.15) is 0 Å². The Morgan fingerprint density at radius 1 is 1.67 bits per heavy atom. The standard InChI is InChI=1S/C6H7NO3S2/c8-4-3-7-12(9,10)5-1-2-11-6(4)5/h1-2,4,7-8H,3H2/t4-/m1/s1. The Morgan fingerprint density at radius 2 is 2.42 bits per heavy atom. The lowest BCUT2D eigenvalue weighted by atomic mass is 10.3. The van der Waals surface area contributed by atoms with Crippen molar-refractivity contribution in [1.29, 1.82) is 0 Å². The number of aliphatic hydroxyl groups excluding tert-OH is 1. The normalized spacial score (nSPS) is 26.6. The lowest BCUT2D eigenvalue weighted by Gasteiger charge is -2.18. The number of rotatable bonds is 0. The summed E-state index contributed by atoms with van der Waals surface area (Å²) in [6.45, 7) is 0.0792. The number of β-amino-alcohol motifs (C(OH)–C–C–N with tert-alkyl or cyclic N) is 1. The number of aliphatic hydroxyl groups is 1. The molecule has 1 atom stereocenters. The van der Waals surface area contributed by atoms with E-state index in [1.807, 2.05) is 0 Å². The molecule has 1 aliphatic rings. The summed E-state index contributed by atoms with van der Waals surface area (Å²) in [5, 5.41) is 11.0. The highest BCUT2D eigenvalue weighted by molar-refractivity contribution is 7.89. The second kappa shape index (κ2) is 2.53. The van der Waals surface area contributed by atoms with Crippen LogP contribution in [0.15, 0.2) is 16.3 Å². The number of sulfonamides is 1. The fourth-order valence-electron chi connectivity index (χ4n) is 1.13. The molecule has 6 heteroatoms. The van der Waals surface area contributed by atoms with Crippen molar-refractivity contribution in [3.63, 3.8) is 0 Å². The molecule has 0 amide bonds. The molecule has 12 heavy (non-hydrogen) atoms. The molecule has 2 N–H and O–H groups in total. The van der Waals surface area contributed by atoms with E-state index in [2.05, 4.69) is 4.72 Å². The molecule has 0 saturated carbocycles. The van der Waals surface area contributed by atoms with E-state index in [9.17, 15) is 13.5 Å². The van der Waals surface area contributed by atoms with E-state index in [1.165, 1.54) is 17.4 Å². The van der Waals surface area contributed by atoms with E-state index < -0.39 is 16.1 Å². The van der Waals surface area contributed by atoms with Crippen molar-refractivity contribution < 1.29 is 13.5 Å². The number of nitrogens with one attached hydrogen (secondary N) is 1. The Kier molecular flexibility index (Phi) is 1.72. The van der Waals surface area contributed by atoms with Crippen molar-refractivity contribution in [2.45, 2.75) is 11.0 Å². The Hall–Kier alpha value is -0.430. The van der Waals surface area contributed by atoms with Crippen LogP contribution in [0.2, 0.25) is 0 Å². The van der Waals surface area contributed by atoms with Crippen LogP contribution in [0.1, 0.15) is 11.0 Å². The maximum atomic E-state index is 11.3. The van der Waals surface area contributed by atoms with Crippen molar-refractivity contribution in [3.05, 3.63) is 16.3 Å². The topological polar surface area (TPSA) is 66.4 Å². The third kappa shape index (κ3) is 1.08. The minimum absolute atomic E-state index is 0.0792. The molecule has 2 heterocycles. The zero-order valence-electron chi connectivity index (χ0n) is 6.02. The molecule has 0 bridgehead atoms. The third-order valence-electron chi connectivity index (χ3n) is 1.72. The van der Waals surface area contributed by atoms with Gasteiger partial charge in [0.1, 0.15) is 6.10 Å². The fourth-order valence-corrected chi connectivity index (χ4v) is 3.65. The van der Waals surface area contributed by atoms with E-state index in [-0.39, 0.29) is 11.4 Å². The predicted octanol–water partition coefficient (Wildman–Crippen LogP) is 0.0734. The summed E-state index contributed by atoms with van der Waals surface area (Å²) in [4.78, 5) is 0.750. The largest absolute Gasteiger partial charge is 0.386 e. The molecular formula is C6H7NO3S2. The minimum atomic E-state index is -3.33. The van der Waals surface area contributed by atoms with Crippen LogP contribution in [0.5, 0.6) is 0 Å². The SMILES string of the molecule is O=S1(=O)NC[C@@H](O)c2sccc21. The quantitative estimate of drug-likeness (QED) is 0.630. The molecular weight excluding hydrogens is 198 g/mol. The number of thiophene rings is 1. The summed E-state index contributed by atoms with van der Waals surface area (Å²) in [6.07, 6.45) is -0.691. The third-order valence-corrected chi connectivity index (χ3v) is 4.35. The maximum absolute atomic E-state index is 11.3. The zero-order valence-corrected chi connectivity index (χ0v) is 7.65. The molecule has 4 nitrogen and oxygen atoms in total. The molecule has 0 saturated heterocycles. The minimum Gasteiger partial charge on any atom is -0.386 e. The van der Waals surface area contributed by atoms with Gasteiger partial charge < -0.3 is 5.11 Å². The lowest BCUT2D eigenvalue weighted by Crippen LogP contribution is -2.33. The Bertz CT molecular complexity index is 395. The summed E-state index contributed by atoms with van der Waals surface area (Å²) < 4.78 is 24.8. The molecule has 1 aromatic heterocycles. The molecule has 2 rings (SSSR count). The average Bonchev–Trinajstić information content (AvgIpc) is 2.46. The second-order valence-corrected chi connectivity index (χ2v) is 5.20. The first-order valence-electron chi connectivity index (χ1n) is 3.36. The van der Waals surface area contributed by atoms with Gasteiger partial charge in [0.15, 0.2) is 0 Å². The van der Waals surface area contributed by atoms with Gasteiger partial charge in [-0.3, -0.25) is 0 Å². The van der Waals surface area contributed by atoms with Crippen molar-refractivity contribution in [2.75, 3.05) is 6.54 Å². The van der Waals surface area contributed by atoms with Crippen LogP contribution >= 0.6 is 11.3 Å². The van der Waals surface area contributed by atoms with Crippen LogP contribution in [-0.2, 0) is 10.0 Å². The monoisotopic (exact) mass is 205 g/mol. The van der Waals surface area contributed by atoms with Gasteiger partial charge in [-0.05, 0) is 11.4 Å². The van der Waals surface area contributed by atoms with Gasteiger partial charge in [0.25, 0.3) is 0 Å². The molecule has 0 aromatic carbocycles. The average molecular weight is 205 g/mol. The smallest absolute Gasteiger partial charge is 0.241 e. The number of hydrogen-bond donors (Lipinski definition) is 2. The Labute approximate surface area is 73.9 Å². The van der Waals surface area contributed by atoms with E-state index in [0.29, 0.717) is 4.88 Å². The van der Waals surface area contributed by atoms with Crippen LogP contribution in [0.4, 0.5) is 0 Å².